The van der Waals surface area contributed by atoms with Crippen molar-refractivity contribution in [1.29, 1.82) is 0 Å². The lowest BCUT2D eigenvalue weighted by Gasteiger charge is -2.13. The van der Waals surface area contributed by atoms with Crippen LogP contribution in [0.2, 0.25) is 0 Å². The summed E-state index contributed by atoms with van der Waals surface area (Å²) in [5, 5.41) is 0. The molecule has 14 heavy (non-hydrogen) atoms. The maximum absolute atomic E-state index is 11.5. The van der Waals surface area contributed by atoms with Crippen molar-refractivity contribution in [2.75, 3.05) is 13.2 Å². The van der Waals surface area contributed by atoms with Crippen LogP contribution < -0.4 is 5.73 Å². The summed E-state index contributed by atoms with van der Waals surface area (Å²) in [6.07, 6.45) is 0. The Morgan fingerprint density at radius 1 is 1.43 bits per heavy atom. The summed E-state index contributed by atoms with van der Waals surface area (Å²) in [5.41, 5.74) is 6.45. The van der Waals surface area contributed by atoms with E-state index in [1.54, 1.807) is 6.92 Å². The van der Waals surface area contributed by atoms with Gasteiger partial charge in [0.15, 0.2) is 0 Å². The molecular weight excluding hydrogens is 178 g/mol. The smallest absolute Gasteiger partial charge is 0.314 e. The van der Waals surface area contributed by atoms with E-state index in [4.69, 9.17) is 10.5 Å². The lowest BCUT2D eigenvalue weighted by molar-refractivity contribution is -0.144. The van der Waals surface area contributed by atoms with E-state index in [1.807, 2.05) is 30.3 Å². The second-order valence-electron chi connectivity index (χ2n) is 2.95. The number of rotatable bonds is 4. The first kappa shape index (κ1) is 10.7. The minimum Gasteiger partial charge on any atom is -0.465 e. The molecule has 0 radical (unpaired) electrons. The van der Waals surface area contributed by atoms with Gasteiger partial charge in [-0.2, -0.15) is 0 Å². The van der Waals surface area contributed by atoms with Crippen LogP contribution in [0, 0.1) is 0 Å². The van der Waals surface area contributed by atoms with Gasteiger partial charge >= 0.3 is 5.97 Å². The van der Waals surface area contributed by atoms with Crippen LogP contribution in [0.4, 0.5) is 0 Å². The van der Waals surface area contributed by atoms with Crippen LogP contribution in [0.5, 0.6) is 0 Å². The van der Waals surface area contributed by atoms with Gasteiger partial charge in [0.05, 0.1) is 12.5 Å². The Kier molecular flexibility index (Phi) is 4.13. The zero-order chi connectivity index (χ0) is 10.4. The third-order valence-electron chi connectivity index (χ3n) is 2.01. The monoisotopic (exact) mass is 193 g/mol. The Morgan fingerprint density at radius 3 is 2.57 bits per heavy atom. The largest absolute Gasteiger partial charge is 0.465 e. The molecular formula is C11H15NO2. The van der Waals surface area contributed by atoms with Crippen LogP contribution in [-0.4, -0.2) is 19.1 Å². The Bertz CT molecular complexity index is 285. The van der Waals surface area contributed by atoms with Crippen LogP contribution in [0.3, 0.4) is 0 Å². The lowest BCUT2D eigenvalue weighted by Crippen LogP contribution is -2.23. The highest BCUT2D eigenvalue weighted by molar-refractivity contribution is 5.78. The predicted molar refractivity (Wildman–Crippen MR) is 54.9 cm³/mol. The Hall–Kier alpha value is -1.35. The van der Waals surface area contributed by atoms with E-state index in [0.717, 1.165) is 5.56 Å². The van der Waals surface area contributed by atoms with E-state index >= 15 is 0 Å². The van der Waals surface area contributed by atoms with Crippen molar-refractivity contribution in [3.05, 3.63) is 35.9 Å². The third-order valence-corrected chi connectivity index (χ3v) is 2.01. The average molecular weight is 193 g/mol. The van der Waals surface area contributed by atoms with Gasteiger partial charge in [-0.1, -0.05) is 30.3 Å². The Morgan fingerprint density at radius 2 is 2.07 bits per heavy atom. The van der Waals surface area contributed by atoms with Crippen molar-refractivity contribution in [3.63, 3.8) is 0 Å². The molecule has 3 nitrogen and oxygen atoms in total. The van der Waals surface area contributed by atoms with Crippen LogP contribution >= 0.6 is 0 Å². The number of esters is 1. The quantitative estimate of drug-likeness (QED) is 0.733. The highest BCUT2D eigenvalue weighted by Crippen LogP contribution is 2.15. The second kappa shape index (κ2) is 5.40. The molecule has 1 rings (SSSR count). The predicted octanol–water partition coefficient (Wildman–Crippen LogP) is 1.29. The van der Waals surface area contributed by atoms with Crippen molar-refractivity contribution < 1.29 is 9.53 Å². The molecule has 0 spiro atoms. The van der Waals surface area contributed by atoms with Gasteiger partial charge in [-0.05, 0) is 12.5 Å². The van der Waals surface area contributed by atoms with E-state index in [2.05, 4.69) is 0 Å². The number of carbonyl (C=O) groups is 1. The van der Waals surface area contributed by atoms with Crippen molar-refractivity contribution in [2.24, 2.45) is 5.73 Å². The fourth-order valence-corrected chi connectivity index (χ4v) is 1.30. The molecule has 76 valence electrons. The molecule has 0 aliphatic carbocycles. The third kappa shape index (κ3) is 2.57. The summed E-state index contributed by atoms with van der Waals surface area (Å²) in [7, 11) is 0. The van der Waals surface area contributed by atoms with E-state index in [-0.39, 0.29) is 18.4 Å². The van der Waals surface area contributed by atoms with Crippen molar-refractivity contribution in [1.82, 2.24) is 0 Å². The van der Waals surface area contributed by atoms with Gasteiger partial charge < -0.3 is 10.5 Å². The highest BCUT2D eigenvalue weighted by Gasteiger charge is 2.19. The number of hydrogen-bond donors (Lipinski definition) is 1. The topological polar surface area (TPSA) is 52.3 Å². The molecule has 0 aliphatic rings. The molecule has 0 heterocycles. The minimum atomic E-state index is -0.337. The van der Waals surface area contributed by atoms with E-state index < -0.39 is 0 Å². The number of hydrogen-bond acceptors (Lipinski definition) is 3. The van der Waals surface area contributed by atoms with E-state index in [0.29, 0.717) is 6.61 Å². The molecule has 0 fully saturated rings. The summed E-state index contributed by atoms with van der Waals surface area (Å²) < 4.78 is 4.93. The standard InChI is InChI=1S/C11H15NO2/c1-2-14-11(13)10(8-12)9-6-4-3-5-7-9/h3-7,10H,2,8,12H2,1H3/t10-/m0/s1. The SMILES string of the molecule is CCOC(=O)[C@@H](CN)c1ccccc1. The zero-order valence-electron chi connectivity index (χ0n) is 8.27. The molecule has 0 saturated heterocycles. The second-order valence-corrected chi connectivity index (χ2v) is 2.95. The van der Waals surface area contributed by atoms with Gasteiger partial charge in [0, 0.05) is 6.54 Å². The molecule has 0 unspecified atom stereocenters. The molecule has 1 aromatic carbocycles. The lowest BCUT2D eigenvalue weighted by atomic mass is 10.00. The fraction of sp³-hybridized carbons (Fsp3) is 0.364. The Balaban J connectivity index is 2.77. The molecule has 1 aromatic rings. The van der Waals surface area contributed by atoms with Crippen molar-refractivity contribution in [2.45, 2.75) is 12.8 Å². The van der Waals surface area contributed by atoms with E-state index in [1.165, 1.54) is 0 Å². The van der Waals surface area contributed by atoms with Crippen LogP contribution in [-0.2, 0) is 9.53 Å². The summed E-state index contributed by atoms with van der Waals surface area (Å²) >= 11 is 0. The molecule has 3 heteroatoms. The zero-order valence-corrected chi connectivity index (χ0v) is 8.27. The number of ether oxygens (including phenoxy) is 1. The maximum atomic E-state index is 11.5. The first-order chi connectivity index (χ1) is 6.79. The summed E-state index contributed by atoms with van der Waals surface area (Å²) in [4.78, 5) is 11.5. The van der Waals surface area contributed by atoms with Gasteiger partial charge in [0.1, 0.15) is 0 Å². The molecule has 0 amide bonds. The van der Waals surface area contributed by atoms with Gasteiger partial charge in [0.25, 0.3) is 0 Å². The average Bonchev–Trinajstić information content (AvgIpc) is 2.21. The van der Waals surface area contributed by atoms with Crippen LogP contribution in [0.25, 0.3) is 0 Å². The highest BCUT2D eigenvalue weighted by atomic mass is 16.5. The van der Waals surface area contributed by atoms with Crippen molar-refractivity contribution in [3.8, 4) is 0 Å². The van der Waals surface area contributed by atoms with Crippen LogP contribution in [0.15, 0.2) is 30.3 Å². The Labute approximate surface area is 83.9 Å². The normalized spacial score (nSPS) is 12.1. The molecule has 2 N–H and O–H groups in total. The molecule has 0 saturated carbocycles. The number of nitrogens with two attached hydrogens (primary N) is 1. The van der Waals surface area contributed by atoms with Crippen molar-refractivity contribution >= 4 is 5.97 Å². The van der Waals surface area contributed by atoms with Gasteiger partial charge in [-0.25, -0.2) is 0 Å². The van der Waals surface area contributed by atoms with E-state index in [9.17, 15) is 4.79 Å². The molecule has 0 aliphatic heterocycles. The first-order valence-electron chi connectivity index (χ1n) is 4.71. The fourth-order valence-electron chi connectivity index (χ4n) is 1.30. The summed E-state index contributed by atoms with van der Waals surface area (Å²) in [5.74, 6) is -0.586. The molecule has 1 atom stereocenters. The summed E-state index contributed by atoms with van der Waals surface area (Å²) in [6, 6.07) is 9.44. The summed E-state index contributed by atoms with van der Waals surface area (Å²) in [6.45, 7) is 2.46. The maximum Gasteiger partial charge on any atom is 0.314 e. The molecule has 0 bridgehead atoms. The number of carbonyl (C=O) groups excluding carboxylic acids is 1. The van der Waals surface area contributed by atoms with Gasteiger partial charge in [0.2, 0.25) is 0 Å². The van der Waals surface area contributed by atoms with Crippen LogP contribution in [0.1, 0.15) is 18.4 Å². The van der Waals surface area contributed by atoms with Gasteiger partial charge in [-0.15, -0.1) is 0 Å². The number of benzene rings is 1. The minimum absolute atomic E-state index is 0.249. The first-order valence-corrected chi connectivity index (χ1v) is 4.71. The molecule has 0 aromatic heterocycles. The van der Waals surface area contributed by atoms with Gasteiger partial charge in [-0.3, -0.25) is 4.79 Å².